The summed E-state index contributed by atoms with van der Waals surface area (Å²) >= 11 is 0. The number of carbonyl (C=O) groups excluding carboxylic acids is 1. The van der Waals surface area contributed by atoms with Crippen molar-refractivity contribution < 1.29 is 22.8 Å². The number of nitrogens with zero attached hydrogens (tertiary/aromatic N) is 4. The van der Waals surface area contributed by atoms with E-state index in [9.17, 15) is 18.0 Å². The molecule has 1 N–H and O–H groups in total. The second kappa shape index (κ2) is 7.91. The molecule has 152 valence electrons. The van der Waals surface area contributed by atoms with Crippen LogP contribution in [-0.4, -0.2) is 25.6 Å². The van der Waals surface area contributed by atoms with Gasteiger partial charge in [-0.1, -0.05) is 36.4 Å². The number of hydrogen-bond donors (Lipinski definition) is 1. The lowest BCUT2D eigenvalue weighted by Gasteiger charge is -2.10. The molecule has 3 heterocycles. The van der Waals surface area contributed by atoms with Crippen molar-refractivity contribution in [1.82, 2.24) is 25.1 Å². The average molecular weight is 413 g/mol. The van der Waals surface area contributed by atoms with Gasteiger partial charge in [-0.25, -0.2) is 14.3 Å². The van der Waals surface area contributed by atoms with Crippen molar-refractivity contribution in [3.63, 3.8) is 0 Å². The van der Waals surface area contributed by atoms with Crippen LogP contribution in [0.25, 0.3) is 17.0 Å². The number of hydrogen-bond acceptors (Lipinski definition) is 6. The first-order valence-corrected chi connectivity index (χ1v) is 8.79. The molecule has 30 heavy (non-hydrogen) atoms. The Hall–Kier alpha value is -3.79. The minimum atomic E-state index is -4.72. The zero-order valence-electron chi connectivity index (χ0n) is 15.3. The quantitative estimate of drug-likeness (QED) is 0.503. The third-order valence-corrected chi connectivity index (χ3v) is 4.14. The topological polar surface area (TPSA) is 81.4 Å². The molecule has 0 unspecified atom stereocenters. The second-order valence-corrected chi connectivity index (χ2v) is 6.24. The number of pyridine rings is 1. The van der Waals surface area contributed by atoms with Crippen molar-refractivity contribution in [2.75, 3.05) is 0 Å². The molecule has 3 aromatic heterocycles. The van der Waals surface area contributed by atoms with Crippen LogP contribution in [0.1, 0.15) is 21.7 Å². The zero-order chi connectivity index (χ0) is 21.1. The van der Waals surface area contributed by atoms with Gasteiger partial charge in [-0.2, -0.15) is 18.3 Å². The van der Waals surface area contributed by atoms with E-state index in [0.29, 0.717) is 4.52 Å². The number of hydroxylamine groups is 1. The Morgan fingerprint density at radius 2 is 1.80 bits per heavy atom. The van der Waals surface area contributed by atoms with Crippen LogP contribution in [0.2, 0.25) is 0 Å². The first kappa shape index (κ1) is 19.5. The Labute approximate surface area is 168 Å². The standard InChI is InChI=1S/C20H14F3N5O2/c21-20(22,23)17-10-15(14-8-4-5-9-24-14)26-18-11-16(27-28(17)18)19(29)30-25-12-13-6-2-1-3-7-13/h1-11,25H,12H2. The Balaban J connectivity index is 1.63. The lowest BCUT2D eigenvalue weighted by molar-refractivity contribution is -0.142. The van der Waals surface area contributed by atoms with E-state index in [-0.39, 0.29) is 29.3 Å². The molecule has 0 bridgehead atoms. The van der Waals surface area contributed by atoms with Gasteiger partial charge in [-0.15, -0.1) is 5.48 Å². The van der Waals surface area contributed by atoms with E-state index < -0.39 is 17.8 Å². The van der Waals surface area contributed by atoms with E-state index in [1.165, 1.54) is 12.3 Å². The van der Waals surface area contributed by atoms with Gasteiger partial charge in [-0.05, 0) is 23.8 Å². The Morgan fingerprint density at radius 3 is 2.50 bits per heavy atom. The van der Waals surface area contributed by atoms with Crippen molar-refractivity contribution in [3.05, 3.63) is 83.8 Å². The molecule has 4 aromatic rings. The highest BCUT2D eigenvalue weighted by Crippen LogP contribution is 2.31. The van der Waals surface area contributed by atoms with Crippen LogP contribution in [0.3, 0.4) is 0 Å². The molecule has 4 rings (SSSR count). The predicted molar refractivity (Wildman–Crippen MR) is 99.9 cm³/mol. The van der Waals surface area contributed by atoms with Crippen molar-refractivity contribution in [1.29, 1.82) is 0 Å². The molecule has 0 atom stereocenters. The number of halogens is 3. The number of nitrogens with one attached hydrogen (secondary N) is 1. The van der Waals surface area contributed by atoms with E-state index in [2.05, 4.69) is 20.5 Å². The molecule has 10 heteroatoms. The van der Waals surface area contributed by atoms with Crippen LogP contribution in [-0.2, 0) is 17.6 Å². The highest BCUT2D eigenvalue weighted by Gasteiger charge is 2.36. The molecule has 0 aliphatic carbocycles. The van der Waals surface area contributed by atoms with Crippen molar-refractivity contribution in [3.8, 4) is 11.4 Å². The number of benzene rings is 1. The summed E-state index contributed by atoms with van der Waals surface area (Å²) in [5.41, 5.74) is 2.07. The molecule has 0 amide bonds. The van der Waals surface area contributed by atoms with E-state index in [1.54, 1.807) is 12.1 Å². The number of fused-ring (bicyclic) bond motifs is 1. The summed E-state index contributed by atoms with van der Waals surface area (Å²) in [4.78, 5) is 25.3. The van der Waals surface area contributed by atoms with Crippen molar-refractivity contribution >= 4 is 11.6 Å². The van der Waals surface area contributed by atoms with Crippen LogP contribution < -0.4 is 5.48 Å². The fourth-order valence-electron chi connectivity index (χ4n) is 2.75. The van der Waals surface area contributed by atoms with Gasteiger partial charge in [0, 0.05) is 12.3 Å². The summed E-state index contributed by atoms with van der Waals surface area (Å²) in [6.07, 6.45) is -3.27. The first-order chi connectivity index (χ1) is 14.4. The SMILES string of the molecule is O=C(ONCc1ccccc1)c1cc2nc(-c3ccccn3)cc(C(F)(F)F)n2n1. The van der Waals surface area contributed by atoms with Gasteiger partial charge in [0.05, 0.1) is 17.9 Å². The normalized spacial score (nSPS) is 11.6. The predicted octanol–water partition coefficient (Wildman–Crippen LogP) is 3.67. The summed E-state index contributed by atoms with van der Waals surface area (Å²) in [5.74, 6) is -0.927. The monoisotopic (exact) mass is 413 g/mol. The fraction of sp³-hybridized carbons (Fsp3) is 0.100. The Morgan fingerprint density at radius 1 is 1.03 bits per heavy atom. The maximum absolute atomic E-state index is 13.6. The molecule has 0 aliphatic heterocycles. The van der Waals surface area contributed by atoms with Crippen LogP contribution in [0.15, 0.2) is 66.9 Å². The van der Waals surface area contributed by atoms with E-state index in [0.717, 1.165) is 17.7 Å². The molecule has 0 saturated carbocycles. The number of alkyl halides is 3. The highest BCUT2D eigenvalue weighted by atomic mass is 19.4. The maximum Gasteiger partial charge on any atom is 0.433 e. The highest BCUT2D eigenvalue weighted by molar-refractivity contribution is 5.88. The van der Waals surface area contributed by atoms with Crippen LogP contribution in [0, 0.1) is 0 Å². The molecule has 0 radical (unpaired) electrons. The molecule has 0 fully saturated rings. The van der Waals surface area contributed by atoms with E-state index in [4.69, 9.17) is 4.84 Å². The molecular formula is C20H14F3N5O2. The molecule has 0 saturated heterocycles. The maximum atomic E-state index is 13.6. The second-order valence-electron chi connectivity index (χ2n) is 6.24. The number of aromatic nitrogens is 4. The van der Waals surface area contributed by atoms with Gasteiger partial charge in [0.25, 0.3) is 0 Å². The van der Waals surface area contributed by atoms with Crippen molar-refractivity contribution in [2.45, 2.75) is 12.7 Å². The summed E-state index contributed by atoms with van der Waals surface area (Å²) in [6.45, 7) is 0.232. The largest absolute Gasteiger partial charge is 0.433 e. The lowest BCUT2D eigenvalue weighted by atomic mass is 10.2. The first-order valence-electron chi connectivity index (χ1n) is 8.79. The summed E-state index contributed by atoms with van der Waals surface area (Å²) in [5, 5.41) is 3.74. The van der Waals surface area contributed by atoms with Gasteiger partial charge >= 0.3 is 12.1 Å². The minimum Gasteiger partial charge on any atom is -0.365 e. The smallest absolute Gasteiger partial charge is 0.365 e. The lowest BCUT2D eigenvalue weighted by Crippen LogP contribution is -2.20. The summed E-state index contributed by atoms with van der Waals surface area (Å²) in [7, 11) is 0. The van der Waals surface area contributed by atoms with Gasteiger partial charge in [0.2, 0.25) is 0 Å². The zero-order valence-corrected chi connectivity index (χ0v) is 15.3. The minimum absolute atomic E-state index is 0.0115. The molecule has 1 aromatic carbocycles. The fourth-order valence-corrected chi connectivity index (χ4v) is 2.75. The van der Waals surface area contributed by atoms with Crippen LogP contribution in [0.5, 0.6) is 0 Å². The number of rotatable bonds is 5. The average Bonchev–Trinajstić information content (AvgIpc) is 3.18. The van der Waals surface area contributed by atoms with Crippen LogP contribution in [0.4, 0.5) is 13.2 Å². The van der Waals surface area contributed by atoms with Gasteiger partial charge in [0.15, 0.2) is 17.0 Å². The molecular weight excluding hydrogens is 399 g/mol. The third-order valence-electron chi connectivity index (χ3n) is 4.14. The molecule has 0 aliphatic rings. The third kappa shape index (κ3) is 4.13. The van der Waals surface area contributed by atoms with E-state index >= 15 is 0 Å². The Kier molecular flexibility index (Phi) is 5.15. The number of carbonyl (C=O) groups is 1. The Bertz CT molecular complexity index is 1180. The van der Waals surface area contributed by atoms with Crippen LogP contribution >= 0.6 is 0 Å². The molecule has 0 spiro atoms. The van der Waals surface area contributed by atoms with Gasteiger partial charge in [-0.3, -0.25) is 4.98 Å². The van der Waals surface area contributed by atoms with Gasteiger partial charge < -0.3 is 4.84 Å². The van der Waals surface area contributed by atoms with Gasteiger partial charge in [0.1, 0.15) is 0 Å². The van der Waals surface area contributed by atoms with Crippen molar-refractivity contribution in [2.24, 2.45) is 0 Å². The summed E-state index contributed by atoms with van der Waals surface area (Å²) < 4.78 is 41.3. The molecule has 7 nitrogen and oxygen atoms in total. The summed E-state index contributed by atoms with van der Waals surface area (Å²) in [6, 6.07) is 15.9. The van der Waals surface area contributed by atoms with E-state index in [1.807, 2.05) is 30.3 Å².